The minimum absolute atomic E-state index is 0.740. The molecule has 0 aliphatic rings. The zero-order chi connectivity index (χ0) is 27.3. The van der Waals surface area contributed by atoms with Gasteiger partial charge >= 0.3 is 48.0 Å². The predicted octanol–water partition coefficient (Wildman–Crippen LogP) is 7.78. The van der Waals surface area contributed by atoms with Gasteiger partial charge in [-0.05, 0) is 0 Å². The van der Waals surface area contributed by atoms with Gasteiger partial charge in [0.2, 0.25) is 0 Å². The van der Waals surface area contributed by atoms with Crippen molar-refractivity contribution >= 4 is 22.6 Å². The van der Waals surface area contributed by atoms with Crippen molar-refractivity contribution in [2.24, 2.45) is 0 Å². The highest BCUT2D eigenvalue weighted by Crippen LogP contribution is 2.61. The summed E-state index contributed by atoms with van der Waals surface area (Å²) in [6, 6.07) is 0. The molecule has 0 spiro atoms. The second kappa shape index (κ2) is 8.79. The van der Waals surface area contributed by atoms with Crippen LogP contribution >= 0.6 is 22.6 Å². The third-order valence-corrected chi connectivity index (χ3v) is 4.07. The van der Waals surface area contributed by atoms with Crippen LogP contribution in [0.2, 0.25) is 0 Å². The smallest absolute Gasteiger partial charge is 0.245 e. The van der Waals surface area contributed by atoms with E-state index in [9.17, 15) is 83.4 Å². The zero-order valence-corrected chi connectivity index (χ0v) is 16.7. The van der Waals surface area contributed by atoms with E-state index in [1.165, 1.54) is 4.74 Å². The largest absolute Gasteiger partial charge is 0.460 e. The van der Waals surface area contributed by atoms with E-state index in [1.807, 2.05) is 0 Å². The number of alkyl halides is 20. The number of rotatable bonds is 11. The van der Waals surface area contributed by atoms with Gasteiger partial charge in [-0.15, -0.1) is 0 Å². The summed E-state index contributed by atoms with van der Waals surface area (Å²) in [6.07, 6.45) is -28.2. The average Bonchev–Trinajstić information content (AvgIpc) is 2.50. The molecule has 0 amide bonds. The van der Waals surface area contributed by atoms with Gasteiger partial charge in [0.25, 0.3) is 5.92 Å². The summed E-state index contributed by atoms with van der Waals surface area (Å²) in [4.78, 5) is 0. The van der Waals surface area contributed by atoms with Crippen LogP contribution in [0.15, 0.2) is 0 Å². The summed E-state index contributed by atoms with van der Waals surface area (Å²) in [7, 11) is 0. The summed E-state index contributed by atoms with van der Waals surface area (Å²) in [5, 5.41) is 0. The third kappa shape index (κ3) is 5.62. The first-order valence-corrected chi connectivity index (χ1v) is 8.85. The molecule has 200 valence electrons. The van der Waals surface area contributed by atoms with Crippen molar-refractivity contribution in [3.8, 4) is 0 Å². The molecular weight excluding hydrogens is 648 g/mol. The van der Waals surface area contributed by atoms with Gasteiger partial charge in [0.15, 0.2) is 0 Å². The summed E-state index contributed by atoms with van der Waals surface area (Å²) < 4.78 is 246. The molecule has 0 bridgehead atoms. The van der Waals surface area contributed by atoms with Crippen LogP contribution in [0.25, 0.3) is 0 Å². The molecule has 0 aromatic heterocycles. The molecule has 0 atom stereocenters. The van der Waals surface area contributed by atoms with Gasteiger partial charge in [-0.2, -0.15) is 74.6 Å². The van der Waals surface area contributed by atoms with Gasteiger partial charge in [-0.1, -0.05) is 22.6 Å². The predicted molar refractivity (Wildman–Crippen MR) is 74.8 cm³/mol. The maximum atomic E-state index is 13.3. The lowest BCUT2D eigenvalue weighted by Gasteiger charge is -2.40. The molecule has 0 saturated heterocycles. The Kier molecular flexibility index (Phi) is 8.62. The lowest BCUT2D eigenvalue weighted by Crippen LogP contribution is -2.71. The lowest BCUT2D eigenvalue weighted by atomic mass is 9.97. The van der Waals surface area contributed by atoms with Gasteiger partial charge in [0.05, 0.1) is 6.42 Å². The number of halogens is 20. The zero-order valence-electron chi connectivity index (χ0n) is 14.6. The van der Waals surface area contributed by atoms with Gasteiger partial charge in [-0.25, -0.2) is 13.5 Å². The Morgan fingerprint density at radius 2 is 0.848 bits per heavy atom. The molecule has 0 aromatic carbocycles. The van der Waals surface area contributed by atoms with Crippen LogP contribution in [0.1, 0.15) is 12.8 Å². The van der Waals surface area contributed by atoms with Crippen LogP contribution in [0.3, 0.4) is 0 Å². The fraction of sp³-hybridized carbons (Fsp3) is 1.00. The first kappa shape index (κ1) is 32.4. The summed E-state index contributed by atoms with van der Waals surface area (Å²) >= 11 is 1.09. The van der Waals surface area contributed by atoms with Gasteiger partial charge < -0.3 is 0 Å². The first-order valence-electron chi connectivity index (χ1n) is 7.33. The Labute approximate surface area is 182 Å². The van der Waals surface area contributed by atoms with Crippen molar-refractivity contribution in [3.05, 3.63) is 0 Å². The number of hydrogen-bond acceptors (Lipinski definition) is 1. The second-order valence-corrected chi connectivity index (χ2v) is 7.19. The highest BCUT2D eigenvalue weighted by molar-refractivity contribution is 14.1. The Bertz CT molecular complexity index is 681. The normalized spacial score (nSPS) is 16.4. The van der Waals surface area contributed by atoms with Crippen LogP contribution in [-0.4, -0.2) is 58.4 Å². The molecule has 0 radical (unpaired) electrons. The quantitative estimate of drug-likeness (QED) is 0.126. The van der Waals surface area contributed by atoms with Crippen molar-refractivity contribution in [2.45, 2.75) is 66.8 Å². The molecule has 0 heterocycles. The van der Waals surface area contributed by atoms with Crippen molar-refractivity contribution in [2.75, 3.05) is 4.43 Å². The maximum Gasteiger partial charge on any atom is 0.460 e. The Hall–Kier alpha value is -0.640. The van der Waals surface area contributed by atoms with E-state index in [-0.39, 0.29) is 0 Å². The molecule has 0 aliphatic carbocycles. The topological polar surface area (TPSA) is 9.23 Å². The van der Waals surface area contributed by atoms with E-state index in [0.717, 1.165) is 22.6 Å². The average molecular weight is 654 g/mol. The summed E-state index contributed by atoms with van der Waals surface area (Å²) in [5.41, 5.74) is 0. The van der Waals surface area contributed by atoms with Crippen LogP contribution in [0.4, 0.5) is 83.4 Å². The summed E-state index contributed by atoms with van der Waals surface area (Å²) in [5.74, 6) is -45.2. The molecule has 0 aromatic rings. The molecular formula is C12H6F19IO. The molecule has 0 aliphatic heterocycles. The highest BCUT2D eigenvalue weighted by Gasteiger charge is 2.92. The third-order valence-electron chi connectivity index (χ3n) is 3.53. The van der Waals surface area contributed by atoms with E-state index >= 15 is 0 Å². The van der Waals surface area contributed by atoms with Crippen LogP contribution in [0, 0.1) is 0 Å². The van der Waals surface area contributed by atoms with Crippen molar-refractivity contribution in [3.63, 3.8) is 0 Å². The molecule has 0 unspecified atom stereocenters. The van der Waals surface area contributed by atoms with Crippen LogP contribution in [0.5, 0.6) is 0 Å². The minimum atomic E-state index is -8.60. The maximum absolute atomic E-state index is 13.3. The molecule has 21 heteroatoms. The van der Waals surface area contributed by atoms with Crippen molar-refractivity contribution in [1.29, 1.82) is 0 Å². The fourth-order valence-electron chi connectivity index (χ4n) is 1.71. The number of ether oxygens (including phenoxy) is 1. The van der Waals surface area contributed by atoms with Crippen molar-refractivity contribution in [1.82, 2.24) is 0 Å². The molecule has 33 heavy (non-hydrogen) atoms. The van der Waals surface area contributed by atoms with Crippen LogP contribution < -0.4 is 0 Å². The molecule has 0 fully saturated rings. The Balaban J connectivity index is 6.32. The molecule has 0 saturated carbocycles. The molecule has 0 N–H and O–H groups in total. The first-order chi connectivity index (χ1) is 14.0. The van der Waals surface area contributed by atoms with Crippen LogP contribution in [-0.2, 0) is 4.74 Å². The van der Waals surface area contributed by atoms with Gasteiger partial charge in [0.1, 0.15) is 0 Å². The van der Waals surface area contributed by atoms with Gasteiger partial charge in [-0.3, -0.25) is 0 Å². The van der Waals surface area contributed by atoms with E-state index in [1.54, 1.807) is 0 Å². The summed E-state index contributed by atoms with van der Waals surface area (Å²) in [6.45, 7) is 0. The van der Waals surface area contributed by atoms with Gasteiger partial charge in [0, 0.05) is 10.8 Å². The fourth-order valence-corrected chi connectivity index (χ4v) is 2.50. The Morgan fingerprint density at radius 3 is 1.18 bits per heavy atom. The lowest BCUT2D eigenvalue weighted by molar-refractivity contribution is -0.509. The Morgan fingerprint density at radius 1 is 0.485 bits per heavy atom. The van der Waals surface area contributed by atoms with E-state index in [0.29, 0.717) is 0 Å². The minimum Gasteiger partial charge on any atom is -0.245 e. The number of hydrogen-bond donors (Lipinski definition) is 0. The van der Waals surface area contributed by atoms with E-state index in [4.69, 9.17) is 0 Å². The SMILES string of the molecule is FC(F)(CCI)CC(F)(F)C(F)(F)OC(F)(F)C(F)(F)C(F)(F)C(F)(F)C(F)(F)C(F)(F)F. The monoisotopic (exact) mass is 654 g/mol. The van der Waals surface area contributed by atoms with E-state index < -0.39 is 71.2 Å². The highest BCUT2D eigenvalue weighted by atomic mass is 127. The van der Waals surface area contributed by atoms with E-state index in [2.05, 4.69) is 0 Å². The standard InChI is InChI=1S/C12H6F19IO/c13-4(14,1-2-32)3-5(15,16)11(28,29)33-12(30,31)9(23,24)7(19,20)6(17,18)8(21,22)10(25,26)27/h1-3H2. The van der Waals surface area contributed by atoms with Crippen molar-refractivity contribution < 1.29 is 88.2 Å². The molecule has 1 nitrogen and oxygen atoms in total. The second-order valence-electron chi connectivity index (χ2n) is 6.11. The molecule has 0 rings (SSSR count).